The highest BCUT2D eigenvalue weighted by atomic mass is 32.2. The second kappa shape index (κ2) is 6.89. The van der Waals surface area contributed by atoms with Crippen LogP contribution in [0.3, 0.4) is 0 Å². The number of hydrogen-bond donors (Lipinski definition) is 1. The molecule has 0 spiro atoms. The number of rotatable bonds is 6. The number of aliphatic hydroxyl groups excluding tert-OH is 1. The first-order chi connectivity index (χ1) is 9.83. The maximum atomic E-state index is 10.2. The zero-order chi connectivity index (χ0) is 13.8. The molecule has 1 N–H and O–H groups in total. The van der Waals surface area contributed by atoms with Crippen LogP contribution in [-0.2, 0) is 0 Å². The first kappa shape index (κ1) is 14.3. The van der Waals surface area contributed by atoms with Gasteiger partial charge in [0.15, 0.2) is 0 Å². The van der Waals surface area contributed by atoms with Gasteiger partial charge in [-0.3, -0.25) is 0 Å². The average Bonchev–Trinajstić information content (AvgIpc) is 3.18. The lowest BCUT2D eigenvalue weighted by Crippen LogP contribution is -2.15. The van der Waals surface area contributed by atoms with Gasteiger partial charge in [-0.2, -0.15) is 0 Å². The molecule has 2 fully saturated rings. The van der Waals surface area contributed by atoms with Gasteiger partial charge in [-0.25, -0.2) is 4.68 Å². The number of aliphatic hydroxyl groups is 1. The van der Waals surface area contributed by atoms with Crippen molar-refractivity contribution in [1.82, 2.24) is 20.2 Å². The molecule has 2 aliphatic rings. The van der Waals surface area contributed by atoms with Crippen molar-refractivity contribution in [3.05, 3.63) is 0 Å². The lowest BCUT2D eigenvalue weighted by molar-refractivity contribution is 0.165. The molecule has 0 aliphatic heterocycles. The predicted molar refractivity (Wildman–Crippen MR) is 78.6 cm³/mol. The number of tetrazole rings is 1. The highest BCUT2D eigenvalue weighted by Crippen LogP contribution is 2.33. The lowest BCUT2D eigenvalue weighted by Gasteiger charge is -2.15. The second-order valence-corrected chi connectivity index (χ2v) is 7.18. The van der Waals surface area contributed by atoms with E-state index in [2.05, 4.69) is 15.5 Å². The third-order valence-electron chi connectivity index (χ3n) is 4.62. The fourth-order valence-corrected chi connectivity index (χ4v) is 4.42. The molecule has 0 amide bonds. The Balaban J connectivity index is 1.49. The Kier molecular flexibility index (Phi) is 4.94. The largest absolute Gasteiger partial charge is 0.392 e. The Morgan fingerprint density at radius 3 is 2.60 bits per heavy atom. The molecule has 2 aliphatic carbocycles. The first-order valence-electron chi connectivity index (χ1n) is 7.91. The van der Waals surface area contributed by atoms with E-state index in [9.17, 15) is 5.11 Å². The van der Waals surface area contributed by atoms with E-state index < -0.39 is 0 Å². The van der Waals surface area contributed by atoms with Crippen molar-refractivity contribution in [1.29, 1.82) is 0 Å². The topological polar surface area (TPSA) is 63.8 Å². The summed E-state index contributed by atoms with van der Waals surface area (Å²) in [5.74, 6) is 1.44. The predicted octanol–water partition coefficient (Wildman–Crippen LogP) is 2.82. The normalized spacial score (nSPS) is 22.6. The fraction of sp³-hybridized carbons (Fsp3) is 0.929. The van der Waals surface area contributed by atoms with Crippen LogP contribution in [0.5, 0.6) is 0 Å². The quantitative estimate of drug-likeness (QED) is 0.818. The van der Waals surface area contributed by atoms with Gasteiger partial charge in [0.25, 0.3) is 0 Å². The summed E-state index contributed by atoms with van der Waals surface area (Å²) < 4.78 is 1.97. The summed E-state index contributed by atoms with van der Waals surface area (Å²) in [4.78, 5) is 0. The molecule has 1 aromatic heterocycles. The molecule has 0 aromatic carbocycles. The maximum absolute atomic E-state index is 10.2. The van der Waals surface area contributed by atoms with E-state index in [0.717, 1.165) is 17.5 Å². The van der Waals surface area contributed by atoms with Gasteiger partial charge in [0, 0.05) is 5.75 Å². The van der Waals surface area contributed by atoms with Crippen LogP contribution < -0.4 is 0 Å². The van der Waals surface area contributed by atoms with Crippen LogP contribution in [0.1, 0.15) is 63.8 Å². The zero-order valence-electron chi connectivity index (χ0n) is 11.9. The summed E-state index contributed by atoms with van der Waals surface area (Å²) in [6.07, 6.45) is 10.9. The van der Waals surface area contributed by atoms with Crippen LogP contribution in [0.25, 0.3) is 0 Å². The standard InChI is InChI=1S/C14H24N4OS/c19-13(9-11-5-1-2-6-11)10-20-14-15-16-17-18(14)12-7-3-4-8-12/h11-13,19H,1-10H2. The van der Waals surface area contributed by atoms with Crippen molar-refractivity contribution in [2.75, 3.05) is 5.75 Å². The van der Waals surface area contributed by atoms with Crippen LogP contribution in [0.4, 0.5) is 0 Å². The molecular weight excluding hydrogens is 272 g/mol. The monoisotopic (exact) mass is 296 g/mol. The molecule has 0 bridgehead atoms. The van der Waals surface area contributed by atoms with E-state index in [-0.39, 0.29) is 6.10 Å². The molecule has 1 heterocycles. The molecule has 6 heteroatoms. The second-order valence-electron chi connectivity index (χ2n) is 6.20. The average molecular weight is 296 g/mol. The van der Waals surface area contributed by atoms with Gasteiger partial charge in [-0.05, 0) is 35.6 Å². The molecule has 0 radical (unpaired) electrons. The fourth-order valence-electron chi connectivity index (χ4n) is 3.53. The molecule has 0 saturated heterocycles. The molecular formula is C14H24N4OS. The summed E-state index contributed by atoms with van der Waals surface area (Å²) in [6, 6.07) is 0.472. The van der Waals surface area contributed by atoms with Crippen molar-refractivity contribution in [3.63, 3.8) is 0 Å². The summed E-state index contributed by atoms with van der Waals surface area (Å²) in [7, 11) is 0. The van der Waals surface area contributed by atoms with E-state index >= 15 is 0 Å². The summed E-state index contributed by atoms with van der Waals surface area (Å²) >= 11 is 1.61. The van der Waals surface area contributed by atoms with Gasteiger partial charge >= 0.3 is 0 Å². The SMILES string of the molecule is OC(CSc1nnnn1C1CCCC1)CC1CCCC1. The van der Waals surface area contributed by atoms with E-state index in [0.29, 0.717) is 11.8 Å². The third-order valence-corrected chi connectivity index (χ3v) is 5.70. The minimum Gasteiger partial charge on any atom is -0.392 e. The number of nitrogens with zero attached hydrogens (tertiary/aromatic N) is 4. The van der Waals surface area contributed by atoms with E-state index in [1.807, 2.05) is 4.68 Å². The Bertz CT molecular complexity index is 413. The molecule has 112 valence electrons. The van der Waals surface area contributed by atoms with Gasteiger partial charge in [0.1, 0.15) is 0 Å². The van der Waals surface area contributed by atoms with Crippen molar-refractivity contribution < 1.29 is 5.11 Å². The lowest BCUT2D eigenvalue weighted by atomic mass is 10.0. The van der Waals surface area contributed by atoms with Crippen LogP contribution >= 0.6 is 11.8 Å². The highest BCUT2D eigenvalue weighted by Gasteiger charge is 2.23. The molecule has 2 saturated carbocycles. The summed E-state index contributed by atoms with van der Waals surface area (Å²) in [5, 5.41) is 23.1. The highest BCUT2D eigenvalue weighted by molar-refractivity contribution is 7.99. The Morgan fingerprint density at radius 2 is 1.85 bits per heavy atom. The maximum Gasteiger partial charge on any atom is 0.209 e. The number of hydrogen-bond acceptors (Lipinski definition) is 5. The van der Waals surface area contributed by atoms with E-state index in [4.69, 9.17) is 0 Å². The molecule has 1 unspecified atom stereocenters. The van der Waals surface area contributed by atoms with Gasteiger partial charge in [-0.1, -0.05) is 50.3 Å². The smallest absolute Gasteiger partial charge is 0.209 e. The molecule has 5 nitrogen and oxygen atoms in total. The van der Waals surface area contributed by atoms with Crippen molar-refractivity contribution in [2.45, 2.75) is 75.1 Å². The Hall–Kier alpha value is -0.620. The number of thioether (sulfide) groups is 1. The molecule has 20 heavy (non-hydrogen) atoms. The van der Waals surface area contributed by atoms with Crippen molar-refractivity contribution in [3.8, 4) is 0 Å². The van der Waals surface area contributed by atoms with Gasteiger partial charge < -0.3 is 5.11 Å². The first-order valence-corrected chi connectivity index (χ1v) is 8.90. The minimum absolute atomic E-state index is 0.225. The Morgan fingerprint density at radius 1 is 1.15 bits per heavy atom. The van der Waals surface area contributed by atoms with E-state index in [1.54, 1.807) is 11.8 Å². The van der Waals surface area contributed by atoms with Crippen LogP contribution in [0.15, 0.2) is 5.16 Å². The third kappa shape index (κ3) is 3.52. The summed E-state index contributed by atoms with van der Waals surface area (Å²) in [6.45, 7) is 0. The van der Waals surface area contributed by atoms with E-state index in [1.165, 1.54) is 51.4 Å². The van der Waals surface area contributed by atoms with Gasteiger partial charge in [0.05, 0.1) is 12.1 Å². The zero-order valence-corrected chi connectivity index (χ0v) is 12.8. The molecule has 1 aromatic rings. The summed E-state index contributed by atoms with van der Waals surface area (Å²) in [5.41, 5.74) is 0. The molecule has 3 rings (SSSR count). The number of aromatic nitrogens is 4. The van der Waals surface area contributed by atoms with Crippen LogP contribution in [-0.4, -0.2) is 37.2 Å². The van der Waals surface area contributed by atoms with Crippen LogP contribution in [0, 0.1) is 5.92 Å². The molecule has 1 atom stereocenters. The van der Waals surface area contributed by atoms with Crippen LogP contribution in [0.2, 0.25) is 0 Å². The van der Waals surface area contributed by atoms with Crippen molar-refractivity contribution >= 4 is 11.8 Å². The Labute approximate surface area is 124 Å². The minimum atomic E-state index is -0.225. The van der Waals surface area contributed by atoms with Gasteiger partial charge in [-0.15, -0.1) is 5.10 Å². The van der Waals surface area contributed by atoms with Gasteiger partial charge in [0.2, 0.25) is 5.16 Å². The van der Waals surface area contributed by atoms with Crippen molar-refractivity contribution in [2.24, 2.45) is 5.92 Å².